The second-order valence-corrected chi connectivity index (χ2v) is 6.70. The minimum Gasteiger partial charge on any atom is -0.453 e. The van der Waals surface area contributed by atoms with Gasteiger partial charge in [0.25, 0.3) is 0 Å². The molecule has 116 valence electrons. The molecule has 0 amide bonds. The van der Waals surface area contributed by atoms with Gasteiger partial charge in [-0.2, -0.15) is 0 Å². The molecule has 0 aliphatic rings. The molecule has 0 saturated heterocycles. The topological polar surface area (TPSA) is 30.2 Å². The van der Waals surface area contributed by atoms with E-state index in [1.807, 2.05) is 24.3 Å². The minimum atomic E-state index is 0.0686. The lowest BCUT2D eigenvalue weighted by Crippen LogP contribution is -2.11. The van der Waals surface area contributed by atoms with Crippen LogP contribution in [-0.2, 0) is 5.41 Å². The van der Waals surface area contributed by atoms with Crippen molar-refractivity contribution in [3.05, 3.63) is 72.0 Å². The van der Waals surface area contributed by atoms with E-state index in [9.17, 15) is 4.79 Å². The fourth-order valence-electron chi connectivity index (χ4n) is 2.64. The maximum atomic E-state index is 10.9. The molecule has 0 aliphatic carbocycles. The van der Waals surface area contributed by atoms with Gasteiger partial charge in [0.15, 0.2) is 12.0 Å². The molecule has 0 bridgehead atoms. The van der Waals surface area contributed by atoms with Gasteiger partial charge in [-0.25, -0.2) is 0 Å². The van der Waals surface area contributed by atoms with Gasteiger partial charge < -0.3 is 4.42 Å². The molecule has 2 heteroatoms. The van der Waals surface area contributed by atoms with Crippen LogP contribution in [0.15, 0.2) is 65.1 Å². The van der Waals surface area contributed by atoms with Crippen LogP contribution in [0.25, 0.3) is 22.5 Å². The zero-order valence-corrected chi connectivity index (χ0v) is 13.7. The van der Waals surface area contributed by atoms with E-state index in [4.69, 9.17) is 4.42 Å². The summed E-state index contributed by atoms with van der Waals surface area (Å²) >= 11 is 0. The smallest absolute Gasteiger partial charge is 0.185 e. The van der Waals surface area contributed by atoms with Crippen LogP contribution < -0.4 is 0 Å². The van der Waals surface area contributed by atoms with Gasteiger partial charge >= 0.3 is 0 Å². The van der Waals surface area contributed by atoms with E-state index in [-0.39, 0.29) is 5.41 Å². The Kier molecular flexibility index (Phi) is 3.91. The molecule has 0 fully saturated rings. The molecular weight excluding hydrogens is 284 g/mol. The van der Waals surface area contributed by atoms with Crippen LogP contribution in [0.1, 0.15) is 36.9 Å². The highest BCUT2D eigenvalue weighted by Gasteiger charge is 2.18. The van der Waals surface area contributed by atoms with Gasteiger partial charge in [0, 0.05) is 5.56 Å². The van der Waals surface area contributed by atoms with Crippen molar-refractivity contribution in [1.82, 2.24) is 0 Å². The summed E-state index contributed by atoms with van der Waals surface area (Å²) in [5.74, 6) is 1.06. The average molecular weight is 304 g/mol. The Balaban J connectivity index is 2.21. The highest BCUT2D eigenvalue weighted by Crippen LogP contribution is 2.36. The van der Waals surface area contributed by atoms with Crippen molar-refractivity contribution < 1.29 is 9.21 Å². The van der Waals surface area contributed by atoms with Gasteiger partial charge in [-0.1, -0.05) is 63.2 Å². The zero-order chi connectivity index (χ0) is 16.4. The van der Waals surface area contributed by atoms with Gasteiger partial charge in [-0.15, -0.1) is 0 Å². The highest BCUT2D eigenvalue weighted by atomic mass is 16.3. The first-order valence-corrected chi connectivity index (χ1v) is 7.74. The summed E-state index contributed by atoms with van der Waals surface area (Å²) in [6.45, 7) is 6.61. The van der Waals surface area contributed by atoms with Gasteiger partial charge in [0.2, 0.25) is 0 Å². The zero-order valence-electron chi connectivity index (χ0n) is 13.7. The predicted octanol–water partition coefficient (Wildman–Crippen LogP) is 5.72. The summed E-state index contributed by atoms with van der Waals surface area (Å²) in [4.78, 5) is 10.9. The Morgan fingerprint density at radius 3 is 2.22 bits per heavy atom. The van der Waals surface area contributed by atoms with E-state index >= 15 is 0 Å². The second-order valence-electron chi connectivity index (χ2n) is 6.70. The summed E-state index contributed by atoms with van der Waals surface area (Å²) in [7, 11) is 0. The van der Waals surface area contributed by atoms with Crippen LogP contribution in [0.5, 0.6) is 0 Å². The average Bonchev–Trinajstić information content (AvgIpc) is 3.03. The maximum absolute atomic E-state index is 10.9. The van der Waals surface area contributed by atoms with E-state index in [2.05, 4.69) is 51.1 Å². The number of aldehydes is 1. The fourth-order valence-corrected chi connectivity index (χ4v) is 2.64. The molecule has 1 aromatic heterocycles. The number of furan rings is 1. The van der Waals surface area contributed by atoms with E-state index in [0.29, 0.717) is 11.5 Å². The Hall–Kier alpha value is -2.61. The first kappa shape index (κ1) is 15.3. The summed E-state index contributed by atoms with van der Waals surface area (Å²) in [5.41, 5.74) is 4.58. The molecule has 0 N–H and O–H groups in total. The SMILES string of the molecule is CC(C)(C)c1ccc(-c2ccc(C=O)o2)c(-c2ccccc2)c1. The molecular formula is C21H20O2. The van der Waals surface area contributed by atoms with Crippen molar-refractivity contribution in [3.63, 3.8) is 0 Å². The van der Waals surface area contributed by atoms with Crippen molar-refractivity contribution in [2.75, 3.05) is 0 Å². The van der Waals surface area contributed by atoms with Crippen molar-refractivity contribution in [2.45, 2.75) is 26.2 Å². The van der Waals surface area contributed by atoms with Crippen molar-refractivity contribution >= 4 is 6.29 Å². The molecule has 0 atom stereocenters. The Labute approximate surface area is 136 Å². The first-order valence-electron chi connectivity index (χ1n) is 7.74. The molecule has 2 aromatic carbocycles. The molecule has 0 saturated carbocycles. The summed E-state index contributed by atoms with van der Waals surface area (Å²) in [6, 6.07) is 20.2. The Morgan fingerprint density at radius 2 is 1.61 bits per heavy atom. The van der Waals surface area contributed by atoms with E-state index in [0.717, 1.165) is 23.0 Å². The Bertz CT molecular complexity index is 821. The molecule has 3 rings (SSSR count). The maximum Gasteiger partial charge on any atom is 0.185 e. The van der Waals surface area contributed by atoms with Gasteiger partial charge in [-0.3, -0.25) is 4.79 Å². The molecule has 0 radical (unpaired) electrons. The third-order valence-corrected chi connectivity index (χ3v) is 3.98. The lowest BCUT2D eigenvalue weighted by molar-refractivity contribution is 0.110. The summed E-state index contributed by atoms with van der Waals surface area (Å²) in [5, 5.41) is 0. The first-order chi connectivity index (χ1) is 11.0. The number of hydrogen-bond donors (Lipinski definition) is 0. The van der Waals surface area contributed by atoms with E-state index in [1.54, 1.807) is 6.07 Å². The minimum absolute atomic E-state index is 0.0686. The second kappa shape index (κ2) is 5.88. The number of rotatable bonds is 3. The molecule has 0 unspecified atom stereocenters. The summed E-state index contributed by atoms with van der Waals surface area (Å²) in [6.07, 6.45) is 0.731. The monoisotopic (exact) mass is 304 g/mol. The highest BCUT2D eigenvalue weighted by molar-refractivity contribution is 5.83. The van der Waals surface area contributed by atoms with Crippen molar-refractivity contribution in [1.29, 1.82) is 0 Å². The molecule has 23 heavy (non-hydrogen) atoms. The third kappa shape index (κ3) is 3.11. The molecule has 0 spiro atoms. The van der Waals surface area contributed by atoms with Gasteiger partial charge in [0.05, 0.1) is 0 Å². The third-order valence-electron chi connectivity index (χ3n) is 3.98. The summed E-state index contributed by atoms with van der Waals surface area (Å²) < 4.78 is 5.64. The van der Waals surface area contributed by atoms with Crippen LogP contribution in [0.3, 0.4) is 0 Å². The normalized spacial score (nSPS) is 11.4. The van der Waals surface area contributed by atoms with Crippen molar-refractivity contribution in [2.24, 2.45) is 0 Å². The van der Waals surface area contributed by atoms with Gasteiger partial charge in [0.1, 0.15) is 5.76 Å². The number of benzene rings is 2. The molecule has 0 aliphatic heterocycles. The van der Waals surface area contributed by atoms with Crippen LogP contribution >= 0.6 is 0 Å². The fraction of sp³-hybridized carbons (Fsp3) is 0.190. The molecule has 1 heterocycles. The van der Waals surface area contributed by atoms with E-state index < -0.39 is 0 Å². The molecule has 2 nitrogen and oxygen atoms in total. The quantitative estimate of drug-likeness (QED) is 0.579. The van der Waals surface area contributed by atoms with E-state index in [1.165, 1.54) is 5.56 Å². The number of carbonyl (C=O) groups excluding carboxylic acids is 1. The van der Waals surface area contributed by atoms with Crippen LogP contribution in [0, 0.1) is 0 Å². The predicted molar refractivity (Wildman–Crippen MR) is 93.7 cm³/mol. The lowest BCUT2D eigenvalue weighted by Gasteiger charge is -2.21. The van der Waals surface area contributed by atoms with Crippen LogP contribution in [-0.4, -0.2) is 6.29 Å². The largest absolute Gasteiger partial charge is 0.453 e. The molecule has 3 aromatic rings. The van der Waals surface area contributed by atoms with Gasteiger partial charge in [-0.05, 0) is 40.3 Å². The standard InChI is InChI=1S/C21H20O2/c1-21(2,3)16-9-11-18(20-12-10-17(14-22)23-20)19(13-16)15-7-5-4-6-8-15/h4-14H,1-3H3. The van der Waals surface area contributed by atoms with Crippen LogP contribution in [0.2, 0.25) is 0 Å². The van der Waals surface area contributed by atoms with Crippen molar-refractivity contribution in [3.8, 4) is 22.5 Å². The Morgan fingerprint density at radius 1 is 0.870 bits per heavy atom. The van der Waals surface area contributed by atoms with Crippen LogP contribution in [0.4, 0.5) is 0 Å². The lowest BCUT2D eigenvalue weighted by atomic mass is 9.84. The number of carbonyl (C=O) groups is 1. The number of hydrogen-bond acceptors (Lipinski definition) is 2.